The molecule has 0 aliphatic carbocycles. The summed E-state index contributed by atoms with van der Waals surface area (Å²) >= 11 is 1.33. The second-order valence-corrected chi connectivity index (χ2v) is 6.91. The number of rotatable bonds is 5. The van der Waals surface area contributed by atoms with Gasteiger partial charge in [0, 0.05) is 10.3 Å². The number of alkyl halides is 1. The molecular weight excluding hydrogens is 322 g/mol. The molecule has 0 fully saturated rings. The van der Waals surface area contributed by atoms with Crippen LogP contribution in [0.1, 0.15) is 21.1 Å². The fraction of sp³-hybridized carbons (Fsp3) is 0.0625. The first-order chi connectivity index (χ1) is 10.7. The molecule has 0 amide bonds. The Balaban J connectivity index is 1.83. The monoisotopic (exact) mass is 333 g/mol. The van der Waals surface area contributed by atoms with Crippen molar-refractivity contribution in [3.05, 3.63) is 65.0 Å². The van der Waals surface area contributed by atoms with Crippen LogP contribution in [0.25, 0.3) is 10.1 Å². The minimum Gasteiger partial charge on any atom is -0.297 e. The van der Waals surface area contributed by atoms with Gasteiger partial charge in [-0.1, -0.05) is 24.3 Å². The number of halogens is 1. The topological polar surface area (TPSA) is 43.4 Å². The van der Waals surface area contributed by atoms with Crippen LogP contribution < -0.4 is 4.52 Å². The Hall–Kier alpha value is -2.10. The fourth-order valence-corrected chi connectivity index (χ4v) is 3.73. The Morgan fingerprint density at radius 1 is 1.14 bits per heavy atom. The molecule has 0 bridgehead atoms. The summed E-state index contributed by atoms with van der Waals surface area (Å²) in [6.45, 7) is 0. The third kappa shape index (κ3) is 3.06. The summed E-state index contributed by atoms with van der Waals surface area (Å²) in [5.41, 5.74) is 0.278. The third-order valence-electron chi connectivity index (χ3n) is 3.07. The molecule has 0 aliphatic heterocycles. The maximum Gasteiger partial charge on any atom is 0.598 e. The molecule has 110 valence electrons. The molecule has 3 nitrogen and oxygen atoms in total. The van der Waals surface area contributed by atoms with Crippen LogP contribution >= 0.6 is 19.4 Å². The molecule has 0 saturated carbocycles. The highest BCUT2D eigenvalue weighted by Crippen LogP contribution is 2.44. The largest absolute Gasteiger partial charge is 0.598 e. The minimum atomic E-state index is -2.53. The lowest BCUT2D eigenvalue weighted by Crippen LogP contribution is -1.91. The Bertz CT molecular complexity index is 832. The first kappa shape index (κ1) is 14.8. The van der Waals surface area contributed by atoms with E-state index < -0.39 is 13.9 Å². The maximum atomic E-state index is 14.4. The summed E-state index contributed by atoms with van der Waals surface area (Å²) in [5, 5.41) is 0.760. The van der Waals surface area contributed by atoms with Crippen molar-refractivity contribution in [1.29, 1.82) is 0 Å². The standard InChI is InChI=1S/C16H11FO3PS/c17-16(21(19)20-13-4-2-1-3-5-13)11-6-7-15-12(8-11)9-14(10-18)22-15/h1-10,16H/q+1. The number of benzene rings is 2. The van der Waals surface area contributed by atoms with E-state index in [9.17, 15) is 13.8 Å². The molecule has 2 unspecified atom stereocenters. The van der Waals surface area contributed by atoms with Gasteiger partial charge in [-0.15, -0.1) is 11.3 Å². The lowest BCUT2D eigenvalue weighted by atomic mass is 10.2. The summed E-state index contributed by atoms with van der Waals surface area (Å²) in [5.74, 6) is -1.36. The molecule has 0 saturated heterocycles. The van der Waals surface area contributed by atoms with Gasteiger partial charge in [0.1, 0.15) is 0 Å². The normalized spacial score (nSPS) is 12.9. The molecule has 0 aliphatic rings. The summed E-state index contributed by atoms with van der Waals surface area (Å²) in [6, 6.07) is 15.1. The van der Waals surface area contributed by atoms with Gasteiger partial charge in [-0.3, -0.25) is 9.32 Å². The van der Waals surface area contributed by atoms with E-state index in [-0.39, 0.29) is 5.56 Å². The maximum absolute atomic E-state index is 14.4. The van der Waals surface area contributed by atoms with Crippen molar-refractivity contribution in [3.63, 3.8) is 0 Å². The Morgan fingerprint density at radius 2 is 1.91 bits per heavy atom. The predicted molar refractivity (Wildman–Crippen MR) is 85.7 cm³/mol. The second-order valence-electron chi connectivity index (χ2n) is 4.59. The predicted octanol–water partition coefficient (Wildman–Crippen LogP) is 5.50. The fourth-order valence-electron chi connectivity index (χ4n) is 2.04. The van der Waals surface area contributed by atoms with E-state index in [0.29, 0.717) is 10.6 Å². The van der Waals surface area contributed by atoms with E-state index in [1.165, 1.54) is 11.3 Å². The number of aldehydes is 1. The van der Waals surface area contributed by atoms with Crippen LogP contribution in [0.4, 0.5) is 4.39 Å². The first-order valence-electron chi connectivity index (χ1n) is 6.49. The van der Waals surface area contributed by atoms with Crippen molar-refractivity contribution in [2.75, 3.05) is 0 Å². The van der Waals surface area contributed by atoms with Crippen LogP contribution in [0.2, 0.25) is 0 Å². The molecule has 0 spiro atoms. The molecule has 0 N–H and O–H groups in total. The molecular formula is C16H11FO3PS+. The smallest absolute Gasteiger partial charge is 0.297 e. The zero-order valence-corrected chi connectivity index (χ0v) is 13.0. The SMILES string of the molecule is O=Cc1cc2cc(C(F)[P+](=O)Oc3ccccc3)ccc2s1. The number of hydrogen-bond donors (Lipinski definition) is 0. The third-order valence-corrected chi connectivity index (χ3v) is 5.17. The number of para-hydroxylation sites is 1. The van der Waals surface area contributed by atoms with E-state index in [4.69, 9.17) is 4.52 Å². The van der Waals surface area contributed by atoms with E-state index in [1.54, 1.807) is 54.6 Å². The molecule has 0 radical (unpaired) electrons. The summed E-state index contributed by atoms with van der Waals surface area (Å²) in [7, 11) is -2.53. The molecule has 22 heavy (non-hydrogen) atoms. The van der Waals surface area contributed by atoms with Crippen molar-refractivity contribution >= 4 is 35.7 Å². The Morgan fingerprint density at radius 3 is 2.64 bits per heavy atom. The van der Waals surface area contributed by atoms with E-state index in [0.717, 1.165) is 16.4 Å². The van der Waals surface area contributed by atoms with Gasteiger partial charge in [0.05, 0.1) is 4.88 Å². The molecule has 3 rings (SSSR count). The zero-order chi connectivity index (χ0) is 15.5. The average Bonchev–Trinajstić information content (AvgIpc) is 2.97. The van der Waals surface area contributed by atoms with Gasteiger partial charge < -0.3 is 0 Å². The van der Waals surface area contributed by atoms with Crippen molar-refractivity contribution < 1.29 is 18.3 Å². The summed E-state index contributed by atoms with van der Waals surface area (Å²) < 4.78 is 32.4. The molecule has 1 aromatic heterocycles. The van der Waals surface area contributed by atoms with Crippen LogP contribution in [0.15, 0.2) is 54.6 Å². The van der Waals surface area contributed by atoms with Gasteiger partial charge in [0.2, 0.25) is 0 Å². The lowest BCUT2D eigenvalue weighted by molar-refractivity contribution is 0.112. The molecule has 2 aromatic carbocycles. The molecule has 1 heterocycles. The van der Waals surface area contributed by atoms with Crippen molar-refractivity contribution in [2.45, 2.75) is 5.91 Å². The van der Waals surface area contributed by atoms with Crippen molar-refractivity contribution in [3.8, 4) is 5.75 Å². The van der Waals surface area contributed by atoms with Crippen LogP contribution in [-0.2, 0) is 4.57 Å². The van der Waals surface area contributed by atoms with Crippen molar-refractivity contribution in [2.24, 2.45) is 0 Å². The lowest BCUT2D eigenvalue weighted by Gasteiger charge is -1.99. The van der Waals surface area contributed by atoms with Crippen LogP contribution in [0, 0.1) is 0 Å². The summed E-state index contributed by atoms with van der Waals surface area (Å²) in [4.78, 5) is 11.4. The molecule has 6 heteroatoms. The van der Waals surface area contributed by atoms with Gasteiger partial charge in [-0.2, -0.15) is 4.39 Å². The van der Waals surface area contributed by atoms with Crippen LogP contribution in [0.5, 0.6) is 5.75 Å². The highest BCUT2D eigenvalue weighted by Gasteiger charge is 2.36. The average molecular weight is 333 g/mol. The molecule has 2 atom stereocenters. The molecule has 3 aromatic rings. The zero-order valence-electron chi connectivity index (χ0n) is 11.3. The first-order valence-corrected chi connectivity index (χ1v) is 8.56. The number of carbonyl (C=O) groups is 1. The summed E-state index contributed by atoms with van der Waals surface area (Å²) in [6.07, 6.45) is 0.760. The van der Waals surface area contributed by atoms with Gasteiger partial charge in [-0.25, -0.2) is 0 Å². The van der Waals surface area contributed by atoms with Gasteiger partial charge >= 0.3 is 13.9 Å². The van der Waals surface area contributed by atoms with Gasteiger partial charge in [0.25, 0.3) is 0 Å². The van der Waals surface area contributed by atoms with Gasteiger partial charge in [-0.05, 0) is 40.3 Å². The highest BCUT2D eigenvalue weighted by molar-refractivity contribution is 7.39. The van der Waals surface area contributed by atoms with Gasteiger partial charge in [0.15, 0.2) is 12.0 Å². The highest BCUT2D eigenvalue weighted by atomic mass is 32.1. The van der Waals surface area contributed by atoms with E-state index in [2.05, 4.69) is 0 Å². The van der Waals surface area contributed by atoms with Crippen LogP contribution in [-0.4, -0.2) is 6.29 Å². The number of fused-ring (bicyclic) bond motifs is 1. The van der Waals surface area contributed by atoms with Crippen LogP contribution in [0.3, 0.4) is 0 Å². The van der Waals surface area contributed by atoms with E-state index >= 15 is 0 Å². The number of thiophene rings is 1. The quantitative estimate of drug-likeness (QED) is 0.457. The Labute approximate surface area is 131 Å². The second kappa shape index (κ2) is 6.34. The van der Waals surface area contributed by atoms with Crippen molar-refractivity contribution in [1.82, 2.24) is 0 Å². The minimum absolute atomic E-state index is 0.278. The van der Waals surface area contributed by atoms with E-state index in [1.807, 2.05) is 0 Å². The Kier molecular flexibility index (Phi) is 4.27. The number of carbonyl (C=O) groups excluding carboxylic acids is 1. The number of hydrogen-bond acceptors (Lipinski definition) is 4.